The van der Waals surface area contributed by atoms with Gasteiger partial charge in [0.25, 0.3) is 0 Å². The maximum absolute atomic E-state index is 13.1. The number of nitrogens with zero attached hydrogens (tertiary/aromatic N) is 1. The highest BCUT2D eigenvalue weighted by Gasteiger charge is 2.18. The lowest BCUT2D eigenvalue weighted by atomic mass is 9.99. The maximum atomic E-state index is 13.1. The summed E-state index contributed by atoms with van der Waals surface area (Å²) < 4.78 is 13.1. The predicted octanol–water partition coefficient (Wildman–Crippen LogP) is 4.83. The van der Waals surface area contributed by atoms with E-state index in [1.165, 1.54) is 23.3 Å². The van der Waals surface area contributed by atoms with Crippen LogP contribution in [0.3, 0.4) is 0 Å². The molecule has 0 unspecified atom stereocenters. The zero-order chi connectivity index (χ0) is 18.8. The van der Waals surface area contributed by atoms with E-state index in [0.29, 0.717) is 11.4 Å². The minimum atomic E-state index is -1.00. The highest BCUT2D eigenvalue weighted by atomic mass is 19.1. The van der Waals surface area contributed by atoms with Crippen LogP contribution in [-0.4, -0.2) is 17.6 Å². The van der Waals surface area contributed by atoms with Crippen LogP contribution in [0.1, 0.15) is 21.5 Å². The Morgan fingerprint density at radius 3 is 2.48 bits per heavy atom. The summed E-state index contributed by atoms with van der Waals surface area (Å²) in [6.07, 6.45) is 0.956. The SMILES string of the molecule is O=C(O)c1ccc(N2CCc3ccccc3C2)cc1Nc1ccc(F)cc1. The fourth-order valence-electron chi connectivity index (χ4n) is 3.42. The van der Waals surface area contributed by atoms with Gasteiger partial charge in [0.15, 0.2) is 0 Å². The third-order valence-electron chi connectivity index (χ3n) is 4.85. The number of halogens is 1. The first-order valence-electron chi connectivity index (χ1n) is 8.82. The number of aromatic carboxylic acids is 1. The van der Waals surface area contributed by atoms with Crippen molar-refractivity contribution >= 4 is 23.0 Å². The van der Waals surface area contributed by atoms with Gasteiger partial charge in [-0.3, -0.25) is 0 Å². The third-order valence-corrected chi connectivity index (χ3v) is 4.85. The number of hydrogen-bond acceptors (Lipinski definition) is 3. The Balaban J connectivity index is 1.65. The van der Waals surface area contributed by atoms with Gasteiger partial charge < -0.3 is 15.3 Å². The Kier molecular flexibility index (Phi) is 4.50. The summed E-state index contributed by atoms with van der Waals surface area (Å²) in [4.78, 5) is 13.8. The zero-order valence-corrected chi connectivity index (χ0v) is 14.7. The van der Waals surface area contributed by atoms with E-state index in [-0.39, 0.29) is 11.4 Å². The molecule has 3 aromatic rings. The molecule has 27 heavy (non-hydrogen) atoms. The molecule has 1 heterocycles. The second kappa shape index (κ2) is 7.11. The summed E-state index contributed by atoms with van der Waals surface area (Å²) in [5.41, 5.74) is 4.92. The van der Waals surface area contributed by atoms with Crippen molar-refractivity contribution in [2.24, 2.45) is 0 Å². The number of nitrogens with one attached hydrogen (secondary N) is 1. The van der Waals surface area contributed by atoms with Crippen molar-refractivity contribution in [3.63, 3.8) is 0 Å². The van der Waals surface area contributed by atoms with Crippen molar-refractivity contribution in [1.82, 2.24) is 0 Å². The topological polar surface area (TPSA) is 52.6 Å². The number of hydrogen-bond donors (Lipinski definition) is 2. The fraction of sp³-hybridized carbons (Fsp3) is 0.136. The van der Waals surface area contributed by atoms with Gasteiger partial charge in [-0.05, 0) is 60.0 Å². The lowest BCUT2D eigenvalue weighted by molar-refractivity contribution is 0.0698. The zero-order valence-electron chi connectivity index (χ0n) is 14.7. The molecule has 0 atom stereocenters. The summed E-state index contributed by atoms with van der Waals surface area (Å²) in [5.74, 6) is -1.34. The van der Waals surface area contributed by atoms with E-state index in [0.717, 1.165) is 25.2 Å². The third kappa shape index (κ3) is 3.62. The first-order valence-corrected chi connectivity index (χ1v) is 8.82. The number of anilines is 3. The van der Waals surface area contributed by atoms with Crippen LogP contribution in [0, 0.1) is 5.82 Å². The standard InChI is InChI=1S/C22H19FN2O2/c23-17-5-7-18(8-6-17)24-21-13-19(9-10-20(21)22(26)27)25-12-11-15-3-1-2-4-16(15)14-25/h1-10,13,24H,11-12,14H2,(H,26,27). The van der Waals surface area contributed by atoms with Gasteiger partial charge in [0.2, 0.25) is 0 Å². The molecule has 0 radical (unpaired) electrons. The minimum Gasteiger partial charge on any atom is -0.478 e. The van der Waals surface area contributed by atoms with Crippen molar-refractivity contribution in [3.05, 3.63) is 89.2 Å². The summed E-state index contributed by atoms with van der Waals surface area (Å²) in [7, 11) is 0. The van der Waals surface area contributed by atoms with Gasteiger partial charge in [0.05, 0.1) is 11.3 Å². The highest BCUT2D eigenvalue weighted by molar-refractivity contribution is 5.96. The normalized spacial score (nSPS) is 13.1. The average molecular weight is 362 g/mol. The summed E-state index contributed by atoms with van der Waals surface area (Å²) in [6.45, 7) is 1.66. The second-order valence-corrected chi connectivity index (χ2v) is 6.61. The number of carbonyl (C=O) groups is 1. The first-order chi connectivity index (χ1) is 13.1. The summed E-state index contributed by atoms with van der Waals surface area (Å²) in [5, 5.41) is 12.6. The van der Waals surface area contributed by atoms with E-state index in [4.69, 9.17) is 0 Å². The van der Waals surface area contributed by atoms with Gasteiger partial charge in [-0.15, -0.1) is 0 Å². The van der Waals surface area contributed by atoms with Gasteiger partial charge >= 0.3 is 5.97 Å². The van der Waals surface area contributed by atoms with E-state index in [1.54, 1.807) is 18.2 Å². The molecule has 0 saturated carbocycles. The second-order valence-electron chi connectivity index (χ2n) is 6.61. The lowest BCUT2D eigenvalue weighted by Gasteiger charge is -2.31. The Morgan fingerprint density at radius 1 is 1.00 bits per heavy atom. The molecule has 4 rings (SSSR count). The molecule has 136 valence electrons. The monoisotopic (exact) mass is 362 g/mol. The molecule has 2 N–H and O–H groups in total. The molecule has 0 bridgehead atoms. The lowest BCUT2D eigenvalue weighted by Crippen LogP contribution is -2.30. The number of benzene rings is 3. The summed E-state index contributed by atoms with van der Waals surface area (Å²) in [6, 6.07) is 19.5. The molecule has 3 aromatic carbocycles. The molecule has 0 aliphatic carbocycles. The Bertz CT molecular complexity index is 986. The Labute approximate surface area is 156 Å². The molecule has 1 aliphatic heterocycles. The van der Waals surface area contributed by atoms with Gasteiger partial charge in [-0.2, -0.15) is 0 Å². The highest BCUT2D eigenvalue weighted by Crippen LogP contribution is 2.30. The Hall–Kier alpha value is -3.34. The fourth-order valence-corrected chi connectivity index (χ4v) is 3.42. The van der Waals surface area contributed by atoms with Crippen LogP contribution in [0.2, 0.25) is 0 Å². The van der Waals surface area contributed by atoms with E-state index in [1.807, 2.05) is 18.2 Å². The van der Waals surface area contributed by atoms with Gasteiger partial charge in [0, 0.05) is 24.5 Å². The smallest absolute Gasteiger partial charge is 0.337 e. The molecule has 0 amide bonds. The molecule has 5 heteroatoms. The minimum absolute atomic E-state index is 0.181. The van der Waals surface area contributed by atoms with Crippen LogP contribution >= 0.6 is 0 Å². The molecule has 0 aromatic heterocycles. The molecule has 4 nitrogen and oxygen atoms in total. The van der Waals surface area contributed by atoms with Crippen LogP contribution in [0.25, 0.3) is 0 Å². The Morgan fingerprint density at radius 2 is 1.74 bits per heavy atom. The van der Waals surface area contributed by atoms with E-state index >= 15 is 0 Å². The number of carboxylic acids is 1. The van der Waals surface area contributed by atoms with Gasteiger partial charge in [0.1, 0.15) is 5.82 Å². The molecular formula is C22H19FN2O2. The van der Waals surface area contributed by atoms with Crippen LogP contribution in [0.15, 0.2) is 66.7 Å². The quantitative estimate of drug-likeness (QED) is 0.698. The van der Waals surface area contributed by atoms with E-state index in [2.05, 4.69) is 28.4 Å². The van der Waals surface area contributed by atoms with Crippen molar-refractivity contribution in [1.29, 1.82) is 0 Å². The van der Waals surface area contributed by atoms with Crippen LogP contribution in [0.4, 0.5) is 21.5 Å². The van der Waals surface area contributed by atoms with Crippen LogP contribution in [-0.2, 0) is 13.0 Å². The van der Waals surface area contributed by atoms with Crippen molar-refractivity contribution in [2.75, 3.05) is 16.8 Å². The average Bonchev–Trinajstić information content (AvgIpc) is 2.69. The van der Waals surface area contributed by atoms with Crippen molar-refractivity contribution in [3.8, 4) is 0 Å². The molecule has 0 spiro atoms. The predicted molar refractivity (Wildman–Crippen MR) is 104 cm³/mol. The van der Waals surface area contributed by atoms with Crippen molar-refractivity contribution in [2.45, 2.75) is 13.0 Å². The maximum Gasteiger partial charge on any atom is 0.337 e. The van der Waals surface area contributed by atoms with Gasteiger partial charge in [-0.1, -0.05) is 24.3 Å². The molecular weight excluding hydrogens is 343 g/mol. The first kappa shape index (κ1) is 17.1. The largest absolute Gasteiger partial charge is 0.478 e. The van der Waals surface area contributed by atoms with Crippen LogP contribution < -0.4 is 10.2 Å². The number of carboxylic acid groups (broad SMARTS) is 1. The molecule has 1 aliphatic rings. The van der Waals surface area contributed by atoms with E-state index < -0.39 is 5.97 Å². The van der Waals surface area contributed by atoms with Gasteiger partial charge in [-0.25, -0.2) is 9.18 Å². The summed E-state index contributed by atoms with van der Waals surface area (Å²) >= 11 is 0. The van der Waals surface area contributed by atoms with E-state index in [9.17, 15) is 14.3 Å². The number of rotatable bonds is 4. The van der Waals surface area contributed by atoms with Crippen LogP contribution in [0.5, 0.6) is 0 Å². The number of fused-ring (bicyclic) bond motifs is 1. The molecule has 0 saturated heterocycles. The molecule has 0 fully saturated rings. The van der Waals surface area contributed by atoms with Crippen molar-refractivity contribution < 1.29 is 14.3 Å².